The predicted molar refractivity (Wildman–Crippen MR) is 133 cm³/mol. The summed E-state index contributed by atoms with van der Waals surface area (Å²) in [5.41, 5.74) is 3.83. The Hall–Kier alpha value is -2.41. The number of para-hydroxylation sites is 1. The molecule has 0 N–H and O–H groups in total. The highest BCUT2D eigenvalue weighted by Gasteiger charge is 2.28. The summed E-state index contributed by atoms with van der Waals surface area (Å²) in [7, 11) is 0. The third-order valence-corrected chi connectivity index (χ3v) is 6.12. The summed E-state index contributed by atoms with van der Waals surface area (Å²) in [4.78, 5) is 12.9. The molecule has 1 aliphatic rings. The number of rotatable bonds is 5. The van der Waals surface area contributed by atoms with Crippen LogP contribution in [0, 0.1) is 0 Å². The predicted octanol–water partition coefficient (Wildman–Crippen LogP) is 7.25. The highest BCUT2D eigenvalue weighted by molar-refractivity contribution is 9.11. The summed E-state index contributed by atoms with van der Waals surface area (Å²) in [6.45, 7) is 2.24. The van der Waals surface area contributed by atoms with Crippen molar-refractivity contribution in [1.82, 2.24) is 0 Å². The van der Waals surface area contributed by atoms with Crippen molar-refractivity contribution < 1.29 is 9.53 Å². The molecule has 1 amide bonds. The zero-order valence-electron chi connectivity index (χ0n) is 16.5. The van der Waals surface area contributed by atoms with Gasteiger partial charge in [-0.25, -0.2) is 0 Å². The van der Waals surface area contributed by atoms with E-state index in [0.717, 1.165) is 25.8 Å². The summed E-state index contributed by atoms with van der Waals surface area (Å²) in [6, 6.07) is 20.7. The maximum atomic E-state index is 12.9. The number of hydrogen-bond donors (Lipinski definition) is 0. The van der Waals surface area contributed by atoms with Gasteiger partial charge in [-0.05, 0) is 92.4 Å². The summed E-state index contributed by atoms with van der Waals surface area (Å²) < 4.78 is 7.54. The van der Waals surface area contributed by atoms with Crippen LogP contribution in [-0.2, 0) is 11.4 Å². The van der Waals surface area contributed by atoms with Crippen molar-refractivity contribution in [2.75, 3.05) is 5.01 Å². The highest BCUT2D eigenvalue weighted by atomic mass is 79.9. The lowest BCUT2D eigenvalue weighted by molar-refractivity contribution is -0.114. The normalized spacial score (nSPS) is 14.8. The van der Waals surface area contributed by atoms with E-state index < -0.39 is 0 Å². The van der Waals surface area contributed by atoms with E-state index in [1.165, 1.54) is 5.01 Å². The number of hydrazone groups is 1. The van der Waals surface area contributed by atoms with E-state index in [-0.39, 0.29) is 5.91 Å². The molecule has 3 aromatic rings. The number of carbonyl (C=O) groups is 1. The first kappa shape index (κ1) is 21.8. The Kier molecular flexibility index (Phi) is 6.60. The fourth-order valence-electron chi connectivity index (χ4n) is 3.13. The van der Waals surface area contributed by atoms with E-state index in [9.17, 15) is 4.79 Å². The van der Waals surface area contributed by atoms with Crippen molar-refractivity contribution in [2.24, 2.45) is 5.10 Å². The number of hydrogen-bond acceptors (Lipinski definition) is 3. The van der Waals surface area contributed by atoms with Gasteiger partial charge in [0.2, 0.25) is 0 Å². The van der Waals surface area contributed by atoms with Crippen LogP contribution in [0.2, 0.25) is 5.02 Å². The molecular formula is C24H17Br2ClN2O2. The van der Waals surface area contributed by atoms with Gasteiger partial charge in [0, 0.05) is 5.02 Å². The van der Waals surface area contributed by atoms with Crippen LogP contribution in [0.3, 0.4) is 0 Å². The summed E-state index contributed by atoms with van der Waals surface area (Å²) in [5, 5.41) is 6.54. The molecule has 0 radical (unpaired) electrons. The second kappa shape index (κ2) is 9.39. The van der Waals surface area contributed by atoms with E-state index in [1.807, 2.05) is 79.7 Å². The third kappa shape index (κ3) is 4.92. The molecular weight excluding hydrogens is 544 g/mol. The molecule has 0 spiro atoms. The molecule has 1 aliphatic heterocycles. The third-order valence-electron chi connectivity index (χ3n) is 4.69. The highest BCUT2D eigenvalue weighted by Crippen LogP contribution is 2.36. The van der Waals surface area contributed by atoms with Crippen LogP contribution in [0.15, 0.2) is 86.3 Å². The van der Waals surface area contributed by atoms with E-state index in [2.05, 4.69) is 37.0 Å². The number of amides is 1. The topological polar surface area (TPSA) is 41.9 Å². The Morgan fingerprint density at radius 3 is 2.32 bits per heavy atom. The van der Waals surface area contributed by atoms with Gasteiger partial charge < -0.3 is 4.74 Å². The molecule has 0 unspecified atom stereocenters. The van der Waals surface area contributed by atoms with Gasteiger partial charge in [0.05, 0.1) is 25.9 Å². The van der Waals surface area contributed by atoms with E-state index in [1.54, 1.807) is 0 Å². The largest absolute Gasteiger partial charge is 0.487 e. The summed E-state index contributed by atoms with van der Waals surface area (Å²) >= 11 is 13.1. The number of anilines is 1. The number of nitrogens with zero attached hydrogens (tertiary/aromatic N) is 2. The average molecular weight is 561 g/mol. The van der Waals surface area contributed by atoms with Gasteiger partial charge in [0.15, 0.2) is 0 Å². The molecule has 0 aliphatic carbocycles. The van der Waals surface area contributed by atoms with E-state index in [0.29, 0.717) is 28.7 Å². The number of carbonyl (C=O) groups excluding carboxylic acids is 1. The fourth-order valence-corrected chi connectivity index (χ4v) is 4.71. The van der Waals surface area contributed by atoms with Gasteiger partial charge in [0.25, 0.3) is 5.91 Å². The van der Waals surface area contributed by atoms with Gasteiger partial charge in [-0.15, -0.1) is 0 Å². The lowest BCUT2D eigenvalue weighted by atomic mass is 10.1. The second-order valence-electron chi connectivity index (χ2n) is 6.92. The maximum Gasteiger partial charge on any atom is 0.280 e. The molecule has 0 aromatic heterocycles. The molecule has 31 heavy (non-hydrogen) atoms. The zero-order valence-corrected chi connectivity index (χ0v) is 20.4. The first-order valence-electron chi connectivity index (χ1n) is 9.45. The Labute approximate surface area is 202 Å². The second-order valence-corrected chi connectivity index (χ2v) is 9.07. The zero-order chi connectivity index (χ0) is 22.0. The van der Waals surface area contributed by atoms with Crippen molar-refractivity contribution in [3.8, 4) is 5.75 Å². The monoisotopic (exact) mass is 558 g/mol. The maximum absolute atomic E-state index is 12.9. The lowest BCUT2D eigenvalue weighted by Gasteiger charge is -2.12. The van der Waals surface area contributed by atoms with Gasteiger partial charge in [-0.2, -0.15) is 10.1 Å². The van der Waals surface area contributed by atoms with Gasteiger partial charge >= 0.3 is 0 Å². The molecule has 0 atom stereocenters. The molecule has 4 nitrogen and oxygen atoms in total. The molecule has 0 bridgehead atoms. The molecule has 3 aromatic carbocycles. The number of halogens is 3. The minimum absolute atomic E-state index is 0.154. The molecule has 0 saturated carbocycles. The van der Waals surface area contributed by atoms with Crippen molar-refractivity contribution >= 4 is 66.8 Å². The van der Waals surface area contributed by atoms with Gasteiger partial charge in [-0.1, -0.05) is 41.9 Å². The summed E-state index contributed by atoms with van der Waals surface area (Å²) in [6.07, 6.45) is 1.84. The van der Waals surface area contributed by atoms with Crippen molar-refractivity contribution in [1.29, 1.82) is 0 Å². The number of ether oxygens (including phenoxy) is 1. The van der Waals surface area contributed by atoms with E-state index >= 15 is 0 Å². The minimum Gasteiger partial charge on any atom is -0.487 e. The van der Waals surface area contributed by atoms with Crippen LogP contribution < -0.4 is 9.75 Å². The van der Waals surface area contributed by atoms with Gasteiger partial charge in [0.1, 0.15) is 12.4 Å². The Morgan fingerprint density at radius 1 is 1.03 bits per heavy atom. The lowest BCUT2D eigenvalue weighted by Crippen LogP contribution is -2.21. The smallest absolute Gasteiger partial charge is 0.280 e. The molecule has 7 heteroatoms. The van der Waals surface area contributed by atoms with Crippen molar-refractivity contribution in [3.05, 3.63) is 97.4 Å². The van der Waals surface area contributed by atoms with Crippen LogP contribution in [0.4, 0.5) is 5.69 Å². The fraction of sp³-hybridized carbons (Fsp3) is 0.0833. The van der Waals surface area contributed by atoms with Gasteiger partial charge in [-0.3, -0.25) is 4.79 Å². The van der Waals surface area contributed by atoms with Crippen LogP contribution in [0.1, 0.15) is 18.1 Å². The standard InChI is InChI=1S/C24H17Br2ClN2O2/c1-15-20(24(30)29(28-15)19-5-3-2-4-6-19)11-17-12-21(25)23(22(26)13-17)31-14-16-7-9-18(27)10-8-16/h2-13H,14H2,1H3/b20-11+. The Bertz CT molecular complexity index is 1170. The SMILES string of the molecule is CC1=NN(c2ccccc2)C(=O)/C1=C/c1cc(Br)c(OCc2ccc(Cl)cc2)c(Br)c1. The first-order valence-corrected chi connectivity index (χ1v) is 11.4. The summed E-state index contributed by atoms with van der Waals surface area (Å²) in [5.74, 6) is 0.533. The van der Waals surface area contributed by atoms with Crippen LogP contribution in [0.5, 0.6) is 5.75 Å². The Balaban J connectivity index is 1.55. The quantitative estimate of drug-likeness (QED) is 0.309. The Morgan fingerprint density at radius 2 is 1.68 bits per heavy atom. The molecule has 1 heterocycles. The van der Waals surface area contributed by atoms with Crippen LogP contribution >= 0.6 is 43.5 Å². The average Bonchev–Trinajstić information content (AvgIpc) is 3.03. The number of benzene rings is 3. The van der Waals surface area contributed by atoms with Crippen LogP contribution in [-0.4, -0.2) is 11.6 Å². The van der Waals surface area contributed by atoms with E-state index in [4.69, 9.17) is 16.3 Å². The molecule has 4 rings (SSSR count). The molecule has 0 fully saturated rings. The van der Waals surface area contributed by atoms with Crippen LogP contribution in [0.25, 0.3) is 6.08 Å². The van der Waals surface area contributed by atoms with Crippen molar-refractivity contribution in [3.63, 3.8) is 0 Å². The first-order chi connectivity index (χ1) is 14.9. The minimum atomic E-state index is -0.154. The molecule has 156 valence electrons. The van der Waals surface area contributed by atoms with Crippen molar-refractivity contribution in [2.45, 2.75) is 13.5 Å². The molecule has 0 saturated heterocycles.